The Balaban J connectivity index is 1.60. The topological polar surface area (TPSA) is 55.2 Å². The molecule has 3 aromatic heterocycles. The first kappa shape index (κ1) is 22.1. The summed E-state index contributed by atoms with van der Waals surface area (Å²) in [6.07, 6.45) is 3.65. The number of hydrogen-bond acceptors (Lipinski definition) is 4. The van der Waals surface area contributed by atoms with E-state index in [1.807, 2.05) is 54.9 Å². The second-order valence-corrected chi connectivity index (χ2v) is 8.82. The monoisotopic (exact) mass is 469 g/mol. The SMILES string of the molecule is COc1ccc(-n2c(C)cc([C@@H]3[C@@H](c4ccccn4)NC(=S)N3Cc3ccccn3)c2C)cc1. The lowest BCUT2D eigenvalue weighted by Crippen LogP contribution is -2.29. The average molecular weight is 470 g/mol. The van der Waals surface area contributed by atoms with E-state index in [4.69, 9.17) is 17.0 Å². The maximum Gasteiger partial charge on any atom is 0.170 e. The fourth-order valence-corrected chi connectivity index (χ4v) is 5.10. The molecule has 4 aromatic rings. The summed E-state index contributed by atoms with van der Waals surface area (Å²) in [6.45, 7) is 4.93. The number of ether oxygens (including phenoxy) is 1. The van der Waals surface area contributed by atoms with Gasteiger partial charge in [-0.2, -0.15) is 0 Å². The highest BCUT2D eigenvalue weighted by Crippen LogP contribution is 2.42. The maximum absolute atomic E-state index is 5.84. The number of nitrogens with one attached hydrogen (secondary N) is 1. The van der Waals surface area contributed by atoms with E-state index in [0.717, 1.165) is 28.5 Å². The van der Waals surface area contributed by atoms with Crippen molar-refractivity contribution in [3.63, 3.8) is 0 Å². The van der Waals surface area contributed by atoms with Crippen LogP contribution < -0.4 is 10.1 Å². The molecule has 1 aliphatic heterocycles. The van der Waals surface area contributed by atoms with Crippen molar-refractivity contribution in [3.8, 4) is 11.4 Å². The van der Waals surface area contributed by atoms with Gasteiger partial charge < -0.3 is 19.5 Å². The molecule has 34 heavy (non-hydrogen) atoms. The number of aryl methyl sites for hydroxylation is 1. The van der Waals surface area contributed by atoms with Crippen LogP contribution in [0.5, 0.6) is 5.75 Å². The lowest BCUT2D eigenvalue weighted by Gasteiger charge is -2.28. The van der Waals surface area contributed by atoms with Gasteiger partial charge in [-0.1, -0.05) is 12.1 Å². The zero-order chi connectivity index (χ0) is 23.7. The summed E-state index contributed by atoms with van der Waals surface area (Å²) in [5.41, 5.74) is 6.59. The van der Waals surface area contributed by atoms with Gasteiger partial charge >= 0.3 is 0 Å². The van der Waals surface area contributed by atoms with Gasteiger partial charge in [-0.3, -0.25) is 9.97 Å². The number of pyridine rings is 2. The molecule has 1 saturated heterocycles. The van der Waals surface area contributed by atoms with Crippen molar-refractivity contribution in [1.82, 2.24) is 24.8 Å². The van der Waals surface area contributed by atoms with Gasteiger partial charge in [0.15, 0.2) is 5.11 Å². The number of hydrogen-bond donors (Lipinski definition) is 1. The lowest BCUT2D eigenvalue weighted by molar-refractivity contribution is 0.307. The Morgan fingerprint density at radius 3 is 2.35 bits per heavy atom. The molecular formula is C27H27N5OS. The Labute approximate surface area is 205 Å². The Morgan fingerprint density at radius 2 is 1.71 bits per heavy atom. The number of methoxy groups -OCH3 is 1. The smallest absolute Gasteiger partial charge is 0.170 e. The van der Waals surface area contributed by atoms with Crippen LogP contribution in [0.4, 0.5) is 0 Å². The summed E-state index contributed by atoms with van der Waals surface area (Å²) < 4.78 is 7.63. The van der Waals surface area contributed by atoms with E-state index in [1.165, 1.54) is 11.3 Å². The van der Waals surface area contributed by atoms with Crippen LogP contribution in [0.25, 0.3) is 5.69 Å². The van der Waals surface area contributed by atoms with Gasteiger partial charge in [0.1, 0.15) is 5.75 Å². The van der Waals surface area contributed by atoms with Crippen LogP contribution in [0.3, 0.4) is 0 Å². The van der Waals surface area contributed by atoms with Crippen molar-refractivity contribution in [2.24, 2.45) is 0 Å². The molecule has 1 aromatic carbocycles. The molecule has 5 rings (SSSR count). The second kappa shape index (κ2) is 9.27. The highest BCUT2D eigenvalue weighted by atomic mass is 32.1. The molecule has 0 aliphatic carbocycles. The minimum Gasteiger partial charge on any atom is -0.497 e. The van der Waals surface area contributed by atoms with Crippen LogP contribution >= 0.6 is 12.2 Å². The molecule has 1 N–H and O–H groups in total. The first-order chi connectivity index (χ1) is 16.6. The molecular weight excluding hydrogens is 442 g/mol. The molecule has 0 radical (unpaired) electrons. The molecule has 0 spiro atoms. The largest absolute Gasteiger partial charge is 0.497 e. The summed E-state index contributed by atoms with van der Waals surface area (Å²) in [5.74, 6) is 0.841. The summed E-state index contributed by atoms with van der Waals surface area (Å²) in [6, 6.07) is 22.3. The molecule has 2 atom stereocenters. The van der Waals surface area contributed by atoms with Crippen LogP contribution in [0.1, 0.15) is 40.4 Å². The minimum atomic E-state index is -0.0674. The maximum atomic E-state index is 5.84. The zero-order valence-electron chi connectivity index (χ0n) is 19.5. The van der Waals surface area contributed by atoms with Gasteiger partial charge in [-0.05, 0) is 86.2 Å². The first-order valence-corrected chi connectivity index (χ1v) is 11.7. The summed E-state index contributed by atoms with van der Waals surface area (Å²) in [4.78, 5) is 11.4. The second-order valence-electron chi connectivity index (χ2n) is 8.44. The molecule has 0 saturated carbocycles. The highest BCUT2D eigenvalue weighted by Gasteiger charge is 2.41. The molecule has 0 amide bonds. The third-order valence-electron chi connectivity index (χ3n) is 6.38. The minimum absolute atomic E-state index is 0.0254. The predicted octanol–water partition coefficient (Wildman–Crippen LogP) is 5.07. The Kier molecular flexibility index (Phi) is 6.02. The van der Waals surface area contributed by atoms with Gasteiger partial charge in [0.25, 0.3) is 0 Å². The fraction of sp³-hybridized carbons (Fsp3) is 0.222. The van der Waals surface area contributed by atoms with E-state index >= 15 is 0 Å². The van der Waals surface area contributed by atoms with E-state index in [1.54, 1.807) is 7.11 Å². The van der Waals surface area contributed by atoms with E-state index in [2.05, 4.69) is 62.9 Å². The lowest BCUT2D eigenvalue weighted by atomic mass is 9.96. The van der Waals surface area contributed by atoms with Gasteiger partial charge in [-0.25, -0.2) is 0 Å². The van der Waals surface area contributed by atoms with E-state index in [-0.39, 0.29) is 12.1 Å². The molecule has 7 heteroatoms. The number of rotatable bonds is 6. The molecule has 172 valence electrons. The average Bonchev–Trinajstić information content (AvgIpc) is 3.35. The quantitative estimate of drug-likeness (QED) is 0.398. The molecule has 1 aliphatic rings. The number of benzene rings is 1. The summed E-state index contributed by atoms with van der Waals surface area (Å²) in [5, 5.41) is 4.25. The zero-order valence-corrected chi connectivity index (χ0v) is 20.3. The molecule has 1 fully saturated rings. The Hall–Kier alpha value is -3.71. The Bertz CT molecular complexity index is 1290. The van der Waals surface area contributed by atoms with Crippen molar-refractivity contribution in [2.45, 2.75) is 32.5 Å². The number of nitrogens with zero attached hydrogens (tertiary/aromatic N) is 4. The first-order valence-electron chi connectivity index (χ1n) is 11.3. The van der Waals surface area contributed by atoms with Gasteiger partial charge in [0.2, 0.25) is 0 Å². The van der Waals surface area contributed by atoms with Crippen molar-refractivity contribution in [2.75, 3.05) is 7.11 Å². The third kappa shape index (κ3) is 4.03. The van der Waals surface area contributed by atoms with E-state index < -0.39 is 0 Å². The van der Waals surface area contributed by atoms with E-state index in [9.17, 15) is 0 Å². The Morgan fingerprint density at radius 1 is 0.971 bits per heavy atom. The molecule has 4 heterocycles. The van der Waals surface area contributed by atoms with Gasteiger partial charge in [-0.15, -0.1) is 0 Å². The van der Waals surface area contributed by atoms with Crippen LogP contribution in [-0.2, 0) is 6.54 Å². The van der Waals surface area contributed by atoms with Crippen LogP contribution in [0.15, 0.2) is 79.1 Å². The fourth-order valence-electron chi connectivity index (χ4n) is 4.80. The van der Waals surface area contributed by atoms with E-state index in [0.29, 0.717) is 11.7 Å². The predicted molar refractivity (Wildman–Crippen MR) is 137 cm³/mol. The van der Waals surface area contributed by atoms with Crippen molar-refractivity contribution >= 4 is 17.3 Å². The van der Waals surface area contributed by atoms with Crippen LogP contribution in [0.2, 0.25) is 0 Å². The summed E-state index contributed by atoms with van der Waals surface area (Å²) in [7, 11) is 1.68. The van der Waals surface area contributed by atoms with Gasteiger partial charge in [0, 0.05) is 29.5 Å². The van der Waals surface area contributed by atoms with Crippen LogP contribution in [0, 0.1) is 13.8 Å². The molecule has 6 nitrogen and oxygen atoms in total. The normalized spacial score (nSPS) is 17.6. The van der Waals surface area contributed by atoms with Crippen molar-refractivity contribution < 1.29 is 4.74 Å². The number of thiocarbonyl (C=S) groups is 1. The highest BCUT2D eigenvalue weighted by molar-refractivity contribution is 7.80. The van der Waals surface area contributed by atoms with Crippen molar-refractivity contribution in [1.29, 1.82) is 0 Å². The molecule has 0 unspecified atom stereocenters. The van der Waals surface area contributed by atoms with Crippen LogP contribution in [-0.4, -0.2) is 31.7 Å². The third-order valence-corrected chi connectivity index (χ3v) is 6.73. The standard InChI is InChI=1S/C27H27N5OS/c1-18-16-23(19(2)32(18)21-10-12-22(33-3)13-11-21)26-25(24-9-5-7-15-29-24)30-27(34)31(26)17-20-8-4-6-14-28-20/h4-16,25-26H,17H2,1-3H3,(H,30,34)/t25-,26-/m1/s1. The van der Waals surface area contributed by atoms with Gasteiger partial charge in [0.05, 0.1) is 37.1 Å². The van der Waals surface area contributed by atoms with Crippen molar-refractivity contribution in [3.05, 3.63) is 107 Å². The number of aromatic nitrogens is 3. The molecule has 0 bridgehead atoms. The summed E-state index contributed by atoms with van der Waals surface area (Å²) >= 11 is 5.84.